The van der Waals surface area contributed by atoms with Gasteiger partial charge in [-0.1, -0.05) is 58.9 Å². The van der Waals surface area contributed by atoms with Gasteiger partial charge in [-0.2, -0.15) is 0 Å². The van der Waals surface area contributed by atoms with Gasteiger partial charge in [0.1, 0.15) is 11.5 Å². The van der Waals surface area contributed by atoms with E-state index in [0.29, 0.717) is 32.3 Å². The van der Waals surface area contributed by atoms with Crippen molar-refractivity contribution in [1.29, 1.82) is 0 Å². The van der Waals surface area contributed by atoms with Gasteiger partial charge >= 0.3 is 17.2 Å². The van der Waals surface area contributed by atoms with Crippen molar-refractivity contribution in [3.63, 3.8) is 0 Å². The Bertz CT molecular complexity index is 948. The topological polar surface area (TPSA) is 55.4 Å². The zero-order valence-corrected chi connectivity index (χ0v) is 22.6. The first kappa shape index (κ1) is 25.8. The molecule has 0 unspecified atom stereocenters. The van der Waals surface area contributed by atoms with E-state index in [2.05, 4.69) is 58.9 Å². The Morgan fingerprint density at radius 2 is 1.24 bits per heavy atom. The molecule has 6 nitrogen and oxygen atoms in total. The van der Waals surface area contributed by atoms with Crippen LogP contribution in [0.15, 0.2) is 36.4 Å². The molecule has 2 fully saturated rings. The molecule has 186 valence electrons. The second-order valence-electron chi connectivity index (χ2n) is 9.25. The van der Waals surface area contributed by atoms with Crippen LogP contribution in [0.1, 0.15) is 62.8 Å². The molecule has 0 saturated carbocycles. The lowest BCUT2D eigenvalue weighted by Crippen LogP contribution is -2.45. The SMILES string of the molecule is CCc1ccc(OP2OCC3(CO2)COP(Oc2ccc(C(C)C)cc2CC)OC3)c(CC)c1. The highest BCUT2D eigenvalue weighted by molar-refractivity contribution is 7.42. The van der Waals surface area contributed by atoms with Crippen molar-refractivity contribution < 1.29 is 27.1 Å². The van der Waals surface area contributed by atoms with Gasteiger partial charge in [-0.3, -0.25) is 0 Å². The Morgan fingerprint density at radius 3 is 1.71 bits per heavy atom. The fourth-order valence-electron chi connectivity index (χ4n) is 3.89. The van der Waals surface area contributed by atoms with Crippen molar-refractivity contribution in [3.8, 4) is 11.5 Å². The van der Waals surface area contributed by atoms with E-state index in [4.69, 9.17) is 27.1 Å². The summed E-state index contributed by atoms with van der Waals surface area (Å²) in [6, 6.07) is 12.7. The van der Waals surface area contributed by atoms with Crippen molar-refractivity contribution >= 4 is 17.2 Å². The van der Waals surface area contributed by atoms with Crippen LogP contribution in [0.5, 0.6) is 11.5 Å². The molecule has 8 heteroatoms. The molecular weight excluding hydrogens is 470 g/mol. The van der Waals surface area contributed by atoms with Crippen molar-refractivity contribution in [2.45, 2.75) is 59.8 Å². The van der Waals surface area contributed by atoms with E-state index in [0.717, 1.165) is 30.8 Å². The molecule has 0 atom stereocenters. The van der Waals surface area contributed by atoms with Crippen molar-refractivity contribution in [2.24, 2.45) is 5.41 Å². The van der Waals surface area contributed by atoms with E-state index in [1.807, 2.05) is 12.1 Å². The van der Waals surface area contributed by atoms with Crippen LogP contribution in [-0.4, -0.2) is 26.4 Å². The van der Waals surface area contributed by atoms with Crippen LogP contribution in [-0.2, 0) is 37.4 Å². The van der Waals surface area contributed by atoms with Gasteiger partial charge < -0.3 is 27.1 Å². The predicted octanol–water partition coefficient (Wildman–Crippen LogP) is 7.49. The molecule has 4 rings (SSSR count). The molecule has 0 radical (unpaired) electrons. The molecule has 0 aliphatic carbocycles. The van der Waals surface area contributed by atoms with Crippen molar-refractivity contribution in [3.05, 3.63) is 58.7 Å². The quantitative estimate of drug-likeness (QED) is 0.346. The standard InChI is InChI=1S/C26H36O6P2/c1-6-20-9-11-24(21(7-2)13-20)31-33-27-15-26(16-28-33)17-29-34(30-18-26)32-25-12-10-23(19(4)5)14-22(25)8-3/h9-14,19H,6-8,15-18H2,1-5H3. The number of hydrogen-bond donors (Lipinski definition) is 0. The second-order valence-corrected chi connectivity index (χ2v) is 11.5. The van der Waals surface area contributed by atoms with Gasteiger partial charge in [0, 0.05) is 0 Å². The third-order valence-corrected chi connectivity index (χ3v) is 8.35. The molecule has 2 saturated heterocycles. The van der Waals surface area contributed by atoms with E-state index in [9.17, 15) is 0 Å². The molecule has 0 aromatic heterocycles. The van der Waals surface area contributed by atoms with Crippen molar-refractivity contribution in [1.82, 2.24) is 0 Å². The number of hydrogen-bond acceptors (Lipinski definition) is 6. The minimum atomic E-state index is -1.45. The molecule has 2 aromatic carbocycles. The maximum atomic E-state index is 6.11. The predicted molar refractivity (Wildman–Crippen MR) is 136 cm³/mol. The van der Waals surface area contributed by atoms with E-state index < -0.39 is 17.2 Å². The van der Waals surface area contributed by atoms with Gasteiger partial charge in [-0.25, -0.2) is 0 Å². The monoisotopic (exact) mass is 506 g/mol. The first-order chi connectivity index (χ1) is 16.4. The van der Waals surface area contributed by atoms with Crippen LogP contribution >= 0.6 is 17.2 Å². The highest BCUT2D eigenvalue weighted by atomic mass is 31.2. The first-order valence-corrected chi connectivity index (χ1v) is 14.4. The average molecular weight is 507 g/mol. The largest absolute Gasteiger partial charge is 0.426 e. The Morgan fingerprint density at radius 1 is 0.735 bits per heavy atom. The van der Waals surface area contributed by atoms with E-state index in [1.165, 1.54) is 22.3 Å². The lowest BCUT2D eigenvalue weighted by Gasteiger charge is -2.41. The van der Waals surface area contributed by atoms with E-state index in [1.54, 1.807) is 0 Å². The summed E-state index contributed by atoms with van der Waals surface area (Å²) in [5.41, 5.74) is 4.63. The van der Waals surface area contributed by atoms with Gasteiger partial charge in [0.2, 0.25) is 0 Å². The maximum absolute atomic E-state index is 6.11. The Kier molecular flexibility index (Phi) is 8.85. The van der Waals surface area contributed by atoms with E-state index >= 15 is 0 Å². The second kappa shape index (κ2) is 11.6. The van der Waals surface area contributed by atoms with Crippen molar-refractivity contribution in [2.75, 3.05) is 26.4 Å². The minimum Gasteiger partial charge on any atom is -0.426 e. The minimum absolute atomic E-state index is 0.334. The summed E-state index contributed by atoms with van der Waals surface area (Å²) in [4.78, 5) is 0. The highest BCUT2D eigenvalue weighted by Gasteiger charge is 2.45. The fraction of sp³-hybridized carbons (Fsp3) is 0.538. The Hall–Kier alpha value is -1.26. The zero-order chi connectivity index (χ0) is 24.1. The van der Waals surface area contributed by atoms with Gasteiger partial charge in [-0.05, 0) is 59.6 Å². The summed E-state index contributed by atoms with van der Waals surface area (Å²) in [6.07, 6.45) is 2.81. The first-order valence-electron chi connectivity index (χ1n) is 12.2. The number of rotatable bonds is 8. The molecule has 2 aliphatic heterocycles. The molecule has 0 N–H and O–H groups in total. The highest BCUT2D eigenvalue weighted by Crippen LogP contribution is 2.53. The summed E-state index contributed by atoms with van der Waals surface area (Å²) in [5.74, 6) is 2.16. The Balaban J connectivity index is 1.29. The van der Waals surface area contributed by atoms with Crippen LogP contribution in [0.25, 0.3) is 0 Å². The summed E-state index contributed by atoms with van der Waals surface area (Å²) < 4.78 is 36.1. The average Bonchev–Trinajstić information content (AvgIpc) is 2.87. The van der Waals surface area contributed by atoms with Crippen LogP contribution in [0.3, 0.4) is 0 Å². The molecule has 1 spiro atoms. The smallest absolute Gasteiger partial charge is 0.397 e. The third kappa shape index (κ3) is 6.10. The van der Waals surface area contributed by atoms with E-state index in [-0.39, 0.29) is 5.41 Å². The zero-order valence-electron chi connectivity index (χ0n) is 20.8. The molecular formula is C26H36O6P2. The molecule has 2 aromatic rings. The van der Waals surface area contributed by atoms with Gasteiger partial charge in [-0.15, -0.1) is 0 Å². The summed E-state index contributed by atoms with van der Waals surface area (Å²) in [5, 5.41) is 0. The lowest BCUT2D eigenvalue weighted by molar-refractivity contribution is -0.0673. The summed E-state index contributed by atoms with van der Waals surface area (Å²) >= 11 is 0. The maximum Gasteiger partial charge on any atom is 0.397 e. The van der Waals surface area contributed by atoms with Gasteiger partial charge in [0.05, 0.1) is 31.8 Å². The van der Waals surface area contributed by atoms with Gasteiger partial charge in [0.25, 0.3) is 0 Å². The van der Waals surface area contributed by atoms with Crippen LogP contribution in [0.2, 0.25) is 0 Å². The van der Waals surface area contributed by atoms with Gasteiger partial charge in [0.15, 0.2) is 0 Å². The third-order valence-electron chi connectivity index (χ3n) is 6.30. The van der Waals surface area contributed by atoms with Crippen LogP contribution < -0.4 is 9.05 Å². The lowest BCUT2D eigenvalue weighted by atomic mass is 9.93. The molecule has 0 bridgehead atoms. The van der Waals surface area contributed by atoms with Crippen LogP contribution in [0, 0.1) is 5.41 Å². The summed E-state index contributed by atoms with van der Waals surface area (Å²) in [6.45, 7) is 12.7. The molecule has 2 heterocycles. The number of aryl methyl sites for hydroxylation is 3. The van der Waals surface area contributed by atoms with Crippen LogP contribution in [0.4, 0.5) is 0 Å². The summed E-state index contributed by atoms with van der Waals surface area (Å²) in [7, 11) is -2.88. The molecule has 0 amide bonds. The fourth-order valence-corrected chi connectivity index (χ4v) is 6.45. The molecule has 2 aliphatic rings. The Labute approximate surface area is 206 Å². The normalized spacial score (nSPS) is 25.0. The molecule has 34 heavy (non-hydrogen) atoms. The number of benzene rings is 2.